The highest BCUT2D eigenvalue weighted by Crippen LogP contribution is 2.24. The molecule has 7 heteroatoms. The van der Waals surface area contributed by atoms with Gasteiger partial charge in [0.05, 0.1) is 11.7 Å². The lowest BCUT2D eigenvalue weighted by molar-refractivity contribution is -0.121. The number of hydrogen-bond acceptors (Lipinski definition) is 5. The number of carbonyl (C=O) groups excluding carboxylic acids is 1. The number of aromatic nitrogens is 1. The van der Waals surface area contributed by atoms with E-state index >= 15 is 0 Å². The maximum Gasteiger partial charge on any atom is 0.347 e. The second kappa shape index (κ2) is 8.12. The number of benzene rings is 1. The first-order valence-electron chi connectivity index (χ1n) is 7.15. The van der Waals surface area contributed by atoms with E-state index in [1.807, 2.05) is 37.3 Å². The second-order valence-corrected chi connectivity index (χ2v) is 7.17. The zero-order valence-electron chi connectivity index (χ0n) is 12.9. The van der Waals surface area contributed by atoms with E-state index < -0.39 is 5.97 Å². The predicted octanol–water partition coefficient (Wildman–Crippen LogP) is 3.51. The molecule has 23 heavy (non-hydrogen) atoms. The van der Waals surface area contributed by atoms with Gasteiger partial charge >= 0.3 is 5.97 Å². The normalized spacial score (nSPS) is 11.9. The van der Waals surface area contributed by atoms with Gasteiger partial charge in [-0.2, -0.15) is 0 Å². The molecule has 1 unspecified atom stereocenters. The van der Waals surface area contributed by atoms with Crippen LogP contribution in [0.4, 0.5) is 0 Å². The summed E-state index contributed by atoms with van der Waals surface area (Å²) in [6.07, 6.45) is 0.403. The quantitative estimate of drug-likeness (QED) is 0.747. The van der Waals surface area contributed by atoms with Crippen molar-refractivity contribution < 1.29 is 14.7 Å². The average Bonchev–Trinajstić information content (AvgIpc) is 2.90. The molecule has 0 fully saturated rings. The van der Waals surface area contributed by atoms with Crippen molar-refractivity contribution in [3.8, 4) is 0 Å². The largest absolute Gasteiger partial charge is 0.477 e. The minimum absolute atomic E-state index is 0.0642. The van der Waals surface area contributed by atoms with Crippen LogP contribution in [-0.2, 0) is 4.79 Å². The highest BCUT2D eigenvalue weighted by molar-refractivity contribution is 7.99. The fourth-order valence-corrected chi connectivity index (χ4v) is 3.74. The monoisotopic (exact) mass is 350 g/mol. The van der Waals surface area contributed by atoms with Crippen LogP contribution in [-0.4, -0.2) is 27.7 Å². The summed E-state index contributed by atoms with van der Waals surface area (Å²) in [4.78, 5) is 28.6. The molecule has 2 aromatic rings. The number of carboxylic acids is 1. The van der Waals surface area contributed by atoms with Crippen LogP contribution in [0.2, 0.25) is 0 Å². The van der Waals surface area contributed by atoms with Crippen LogP contribution < -0.4 is 5.32 Å². The molecule has 0 aliphatic rings. The molecule has 0 radical (unpaired) electrons. The third-order valence-corrected chi connectivity index (χ3v) is 5.44. The zero-order valence-corrected chi connectivity index (χ0v) is 14.5. The molecule has 1 aromatic carbocycles. The summed E-state index contributed by atoms with van der Waals surface area (Å²) >= 11 is 2.74. The smallest absolute Gasteiger partial charge is 0.347 e. The molecular weight excluding hydrogens is 332 g/mol. The molecule has 1 amide bonds. The molecule has 2 rings (SSSR count). The lowest BCUT2D eigenvalue weighted by atomic mass is 10.3. The summed E-state index contributed by atoms with van der Waals surface area (Å²) in [5, 5.41) is 12.5. The van der Waals surface area contributed by atoms with Crippen molar-refractivity contribution >= 4 is 35.0 Å². The SMILES string of the molecule is Cc1nc(C(C)NC(=O)CCSc2ccccc2)sc1C(=O)O. The number of hydrogen-bond donors (Lipinski definition) is 2. The van der Waals surface area contributed by atoms with Crippen LogP contribution in [0.25, 0.3) is 0 Å². The Morgan fingerprint density at radius 3 is 2.65 bits per heavy atom. The number of aromatic carboxylic acids is 1. The molecule has 0 spiro atoms. The van der Waals surface area contributed by atoms with E-state index in [1.165, 1.54) is 0 Å². The maximum atomic E-state index is 12.0. The molecule has 1 atom stereocenters. The highest BCUT2D eigenvalue weighted by atomic mass is 32.2. The molecular formula is C16H18N2O3S2. The van der Waals surface area contributed by atoms with Gasteiger partial charge < -0.3 is 10.4 Å². The Morgan fingerprint density at radius 2 is 2.04 bits per heavy atom. The van der Waals surface area contributed by atoms with E-state index in [4.69, 9.17) is 5.11 Å². The minimum atomic E-state index is -0.982. The van der Waals surface area contributed by atoms with Gasteiger partial charge in [0.25, 0.3) is 0 Å². The summed E-state index contributed by atoms with van der Waals surface area (Å²) in [5.41, 5.74) is 0.484. The van der Waals surface area contributed by atoms with Crippen LogP contribution in [0.15, 0.2) is 35.2 Å². The number of nitrogens with one attached hydrogen (secondary N) is 1. The van der Waals surface area contributed by atoms with Crippen molar-refractivity contribution in [1.29, 1.82) is 0 Å². The summed E-state index contributed by atoms with van der Waals surface area (Å²) in [6, 6.07) is 9.62. The second-order valence-electron chi connectivity index (χ2n) is 4.97. The lowest BCUT2D eigenvalue weighted by Crippen LogP contribution is -2.26. The fraction of sp³-hybridized carbons (Fsp3) is 0.312. The van der Waals surface area contributed by atoms with Gasteiger partial charge in [0.15, 0.2) is 0 Å². The highest BCUT2D eigenvalue weighted by Gasteiger charge is 2.19. The molecule has 0 aliphatic carbocycles. The van der Waals surface area contributed by atoms with Gasteiger partial charge in [0.2, 0.25) is 5.91 Å². The van der Waals surface area contributed by atoms with Gasteiger partial charge in [-0.1, -0.05) is 18.2 Å². The Bertz CT molecular complexity index is 686. The summed E-state index contributed by atoms with van der Waals surface area (Å²) < 4.78 is 0. The van der Waals surface area contributed by atoms with Crippen molar-refractivity contribution in [2.75, 3.05) is 5.75 Å². The van der Waals surface area contributed by atoms with Gasteiger partial charge in [0.1, 0.15) is 9.88 Å². The molecule has 0 aliphatic heterocycles. The number of rotatable bonds is 7. The van der Waals surface area contributed by atoms with E-state index in [1.54, 1.807) is 18.7 Å². The number of nitrogens with zero attached hydrogens (tertiary/aromatic N) is 1. The average molecular weight is 350 g/mol. The first-order valence-corrected chi connectivity index (χ1v) is 8.95. The van der Waals surface area contributed by atoms with Crippen molar-refractivity contribution in [3.63, 3.8) is 0 Å². The standard InChI is InChI=1S/C16H18N2O3S2/c1-10-14(16(20)21)23-15(18-10)11(2)17-13(19)8-9-22-12-6-4-3-5-7-12/h3-7,11H,8-9H2,1-2H3,(H,17,19)(H,20,21). The molecule has 5 nitrogen and oxygen atoms in total. The van der Waals surface area contributed by atoms with Crippen LogP contribution in [0, 0.1) is 6.92 Å². The number of thioether (sulfide) groups is 1. The Labute approximate surface area is 143 Å². The van der Waals surface area contributed by atoms with Crippen LogP contribution in [0.1, 0.15) is 39.8 Å². The van der Waals surface area contributed by atoms with Crippen molar-refractivity contribution in [2.45, 2.75) is 31.2 Å². The predicted molar refractivity (Wildman–Crippen MR) is 92.2 cm³/mol. The van der Waals surface area contributed by atoms with E-state index in [2.05, 4.69) is 10.3 Å². The van der Waals surface area contributed by atoms with Gasteiger partial charge in [-0.05, 0) is 26.0 Å². The first-order chi connectivity index (χ1) is 11.0. The minimum Gasteiger partial charge on any atom is -0.477 e. The Morgan fingerprint density at radius 1 is 1.35 bits per heavy atom. The molecule has 0 saturated heterocycles. The Kier molecular flexibility index (Phi) is 6.18. The topological polar surface area (TPSA) is 79.3 Å². The van der Waals surface area contributed by atoms with Crippen molar-refractivity contribution in [2.24, 2.45) is 0 Å². The van der Waals surface area contributed by atoms with E-state index in [-0.39, 0.29) is 16.8 Å². The van der Waals surface area contributed by atoms with Crippen LogP contribution in [0.5, 0.6) is 0 Å². The Hall–Kier alpha value is -1.86. The lowest BCUT2D eigenvalue weighted by Gasteiger charge is -2.11. The molecule has 122 valence electrons. The number of carboxylic acid groups (broad SMARTS) is 1. The van der Waals surface area contributed by atoms with Gasteiger partial charge in [-0.3, -0.25) is 4.79 Å². The van der Waals surface area contributed by atoms with Crippen molar-refractivity contribution in [3.05, 3.63) is 45.9 Å². The molecule has 0 bridgehead atoms. The summed E-state index contributed by atoms with van der Waals surface area (Å²) in [5.74, 6) is -0.352. The van der Waals surface area contributed by atoms with Crippen molar-refractivity contribution in [1.82, 2.24) is 10.3 Å². The first kappa shape index (κ1) is 17.5. The third-order valence-electron chi connectivity index (χ3n) is 3.10. The Balaban J connectivity index is 1.82. The fourth-order valence-electron chi connectivity index (χ4n) is 1.95. The van der Waals surface area contributed by atoms with E-state index in [0.717, 1.165) is 16.2 Å². The number of carbonyl (C=O) groups is 2. The van der Waals surface area contributed by atoms with Gasteiger partial charge in [0, 0.05) is 17.1 Å². The van der Waals surface area contributed by atoms with Crippen LogP contribution >= 0.6 is 23.1 Å². The molecule has 2 N–H and O–H groups in total. The number of thiazole rings is 1. The summed E-state index contributed by atoms with van der Waals surface area (Å²) in [6.45, 7) is 3.47. The third kappa shape index (κ3) is 5.07. The zero-order chi connectivity index (χ0) is 16.8. The van der Waals surface area contributed by atoms with Crippen LogP contribution in [0.3, 0.4) is 0 Å². The number of aryl methyl sites for hydroxylation is 1. The molecule has 1 heterocycles. The van der Waals surface area contributed by atoms with Gasteiger partial charge in [-0.25, -0.2) is 9.78 Å². The molecule has 0 saturated carbocycles. The van der Waals surface area contributed by atoms with Gasteiger partial charge in [-0.15, -0.1) is 23.1 Å². The van der Waals surface area contributed by atoms with E-state index in [0.29, 0.717) is 22.9 Å². The van der Waals surface area contributed by atoms with E-state index in [9.17, 15) is 9.59 Å². The maximum absolute atomic E-state index is 12.0. The summed E-state index contributed by atoms with van der Waals surface area (Å²) in [7, 11) is 0. The number of amides is 1. The molecule has 1 aromatic heterocycles.